The summed E-state index contributed by atoms with van der Waals surface area (Å²) < 4.78 is 5.02. The van der Waals surface area contributed by atoms with Gasteiger partial charge in [0.05, 0.1) is 18.0 Å². The molecule has 0 spiro atoms. The molecular formula is C11H18N4O2. The molecule has 3 N–H and O–H groups in total. The van der Waals surface area contributed by atoms with Crippen molar-refractivity contribution in [2.24, 2.45) is 0 Å². The highest BCUT2D eigenvalue weighted by Crippen LogP contribution is 2.28. The Morgan fingerprint density at radius 2 is 2.35 bits per heavy atom. The first-order valence-electron chi connectivity index (χ1n) is 5.75. The van der Waals surface area contributed by atoms with Crippen LogP contribution in [0.1, 0.15) is 29.0 Å². The Hall–Kier alpha value is -1.56. The van der Waals surface area contributed by atoms with Crippen LogP contribution in [0.5, 0.6) is 0 Å². The van der Waals surface area contributed by atoms with Crippen molar-refractivity contribution in [1.29, 1.82) is 0 Å². The number of rotatable bonds is 5. The lowest BCUT2D eigenvalue weighted by Crippen LogP contribution is -2.36. The van der Waals surface area contributed by atoms with Crippen LogP contribution in [0.3, 0.4) is 0 Å². The summed E-state index contributed by atoms with van der Waals surface area (Å²) in [5.41, 5.74) is 7.32. The van der Waals surface area contributed by atoms with Gasteiger partial charge in [-0.05, 0) is 19.8 Å². The summed E-state index contributed by atoms with van der Waals surface area (Å²) in [6, 6.07) is 0.328. The fourth-order valence-corrected chi connectivity index (χ4v) is 1.76. The fourth-order valence-electron chi connectivity index (χ4n) is 1.76. The molecule has 1 fully saturated rings. The van der Waals surface area contributed by atoms with Crippen LogP contribution in [0.2, 0.25) is 0 Å². The van der Waals surface area contributed by atoms with Crippen LogP contribution in [-0.2, 0) is 4.74 Å². The molecule has 1 saturated carbocycles. The van der Waals surface area contributed by atoms with Crippen molar-refractivity contribution in [3.63, 3.8) is 0 Å². The van der Waals surface area contributed by atoms with Crippen molar-refractivity contribution in [1.82, 2.24) is 15.1 Å². The van der Waals surface area contributed by atoms with Crippen molar-refractivity contribution in [3.05, 3.63) is 11.4 Å². The van der Waals surface area contributed by atoms with Gasteiger partial charge in [0.2, 0.25) is 0 Å². The van der Waals surface area contributed by atoms with Gasteiger partial charge in [0.1, 0.15) is 0 Å². The van der Waals surface area contributed by atoms with Crippen molar-refractivity contribution in [2.75, 3.05) is 26.0 Å². The number of methoxy groups -OCH3 is 1. The normalized spacial score (nSPS) is 14.9. The first kappa shape index (κ1) is 11.9. The summed E-state index contributed by atoms with van der Waals surface area (Å²) in [6.45, 7) is 2.92. The molecule has 0 aliphatic heterocycles. The van der Waals surface area contributed by atoms with E-state index in [0.717, 1.165) is 18.5 Å². The molecule has 0 saturated heterocycles. The second kappa shape index (κ2) is 4.75. The Labute approximate surface area is 100 Å². The standard InChI is InChI=1S/C11H18N4O2/c1-7-9(12)10(14-13-7)11(16)15(5-6-17-2)8-3-4-8/h8H,3-6,12H2,1-2H3,(H,13,14). The minimum atomic E-state index is -0.105. The average Bonchev–Trinajstić information content (AvgIpc) is 3.08. The van der Waals surface area contributed by atoms with E-state index in [2.05, 4.69) is 10.2 Å². The lowest BCUT2D eigenvalue weighted by atomic mass is 10.2. The van der Waals surface area contributed by atoms with Gasteiger partial charge in [-0.3, -0.25) is 9.89 Å². The average molecular weight is 238 g/mol. The topological polar surface area (TPSA) is 84.2 Å². The van der Waals surface area contributed by atoms with Gasteiger partial charge in [-0.25, -0.2) is 0 Å². The zero-order valence-corrected chi connectivity index (χ0v) is 10.2. The smallest absolute Gasteiger partial charge is 0.276 e. The van der Waals surface area contributed by atoms with E-state index in [1.807, 2.05) is 0 Å². The molecule has 1 aromatic heterocycles. The summed E-state index contributed by atoms with van der Waals surface area (Å²) >= 11 is 0. The number of nitrogen functional groups attached to an aromatic ring is 1. The molecule has 0 unspecified atom stereocenters. The second-order valence-electron chi connectivity index (χ2n) is 4.33. The summed E-state index contributed by atoms with van der Waals surface area (Å²) in [5.74, 6) is -0.105. The van der Waals surface area contributed by atoms with Crippen LogP contribution in [0, 0.1) is 6.92 Å². The molecule has 17 heavy (non-hydrogen) atoms. The van der Waals surface area contributed by atoms with E-state index in [1.54, 1.807) is 18.9 Å². The molecule has 1 aromatic rings. The van der Waals surface area contributed by atoms with Crippen LogP contribution >= 0.6 is 0 Å². The number of hydrogen-bond donors (Lipinski definition) is 2. The number of aromatic nitrogens is 2. The SMILES string of the molecule is COCCN(C(=O)c1n[nH]c(C)c1N)C1CC1. The molecule has 1 aliphatic carbocycles. The monoisotopic (exact) mass is 238 g/mol. The Morgan fingerprint density at radius 3 is 2.82 bits per heavy atom. The summed E-state index contributed by atoms with van der Waals surface area (Å²) in [7, 11) is 1.63. The number of aryl methyl sites for hydroxylation is 1. The molecule has 1 aliphatic rings. The third kappa shape index (κ3) is 2.41. The number of anilines is 1. The van der Waals surface area contributed by atoms with Crippen LogP contribution in [-0.4, -0.2) is 47.3 Å². The van der Waals surface area contributed by atoms with Crippen molar-refractivity contribution < 1.29 is 9.53 Å². The number of nitrogens with two attached hydrogens (primary N) is 1. The molecular weight excluding hydrogens is 220 g/mol. The Bertz CT molecular complexity index is 412. The zero-order valence-electron chi connectivity index (χ0n) is 10.2. The highest BCUT2D eigenvalue weighted by molar-refractivity contribution is 5.97. The number of carbonyl (C=O) groups is 1. The summed E-state index contributed by atoms with van der Waals surface area (Å²) in [5, 5.41) is 6.71. The van der Waals surface area contributed by atoms with Crippen molar-refractivity contribution >= 4 is 11.6 Å². The van der Waals surface area contributed by atoms with E-state index in [9.17, 15) is 4.79 Å². The number of ether oxygens (including phenoxy) is 1. The van der Waals surface area contributed by atoms with Gasteiger partial charge in [0.25, 0.3) is 5.91 Å². The number of aromatic amines is 1. The molecule has 1 amide bonds. The van der Waals surface area contributed by atoms with Gasteiger partial charge < -0.3 is 15.4 Å². The van der Waals surface area contributed by atoms with Crippen LogP contribution in [0.25, 0.3) is 0 Å². The molecule has 0 bridgehead atoms. The number of H-pyrrole nitrogens is 1. The van der Waals surface area contributed by atoms with E-state index in [1.165, 1.54) is 0 Å². The predicted molar refractivity (Wildman–Crippen MR) is 63.7 cm³/mol. The molecule has 1 heterocycles. The zero-order chi connectivity index (χ0) is 12.4. The first-order chi connectivity index (χ1) is 8.15. The van der Waals surface area contributed by atoms with Crippen LogP contribution in [0.15, 0.2) is 0 Å². The molecule has 0 radical (unpaired) electrons. The maximum Gasteiger partial charge on any atom is 0.276 e. The maximum absolute atomic E-state index is 12.3. The van der Waals surface area contributed by atoms with Crippen molar-refractivity contribution in [3.8, 4) is 0 Å². The lowest BCUT2D eigenvalue weighted by molar-refractivity contribution is 0.0675. The van der Waals surface area contributed by atoms with Gasteiger partial charge in [-0.15, -0.1) is 0 Å². The minimum absolute atomic E-state index is 0.105. The molecule has 94 valence electrons. The summed E-state index contributed by atoms with van der Waals surface area (Å²) in [4.78, 5) is 14.1. The van der Waals surface area contributed by atoms with Gasteiger partial charge in [0.15, 0.2) is 5.69 Å². The molecule has 0 atom stereocenters. The Balaban J connectivity index is 2.13. The predicted octanol–water partition coefficient (Wildman–Crippen LogP) is 0.551. The van der Waals surface area contributed by atoms with Crippen LogP contribution in [0.4, 0.5) is 5.69 Å². The maximum atomic E-state index is 12.3. The number of amides is 1. The molecule has 0 aromatic carbocycles. The number of nitrogens with one attached hydrogen (secondary N) is 1. The van der Waals surface area contributed by atoms with Crippen LogP contribution < -0.4 is 5.73 Å². The Kier molecular flexibility index (Phi) is 3.33. The number of nitrogens with zero attached hydrogens (tertiary/aromatic N) is 2. The molecule has 6 nitrogen and oxygen atoms in total. The third-order valence-corrected chi connectivity index (χ3v) is 2.98. The first-order valence-corrected chi connectivity index (χ1v) is 5.75. The van der Waals surface area contributed by atoms with Gasteiger partial charge in [0, 0.05) is 19.7 Å². The second-order valence-corrected chi connectivity index (χ2v) is 4.33. The van der Waals surface area contributed by atoms with E-state index in [-0.39, 0.29) is 5.91 Å². The number of hydrogen-bond acceptors (Lipinski definition) is 4. The fraction of sp³-hybridized carbons (Fsp3) is 0.636. The molecule has 6 heteroatoms. The third-order valence-electron chi connectivity index (χ3n) is 2.98. The van der Waals surface area contributed by atoms with Gasteiger partial charge in [-0.1, -0.05) is 0 Å². The highest BCUT2D eigenvalue weighted by atomic mass is 16.5. The van der Waals surface area contributed by atoms with Crippen molar-refractivity contribution in [2.45, 2.75) is 25.8 Å². The van der Waals surface area contributed by atoms with E-state index >= 15 is 0 Å². The Morgan fingerprint density at radius 1 is 1.65 bits per heavy atom. The van der Waals surface area contributed by atoms with E-state index in [0.29, 0.717) is 30.6 Å². The quantitative estimate of drug-likeness (QED) is 0.784. The van der Waals surface area contributed by atoms with Gasteiger partial charge in [-0.2, -0.15) is 5.10 Å². The lowest BCUT2D eigenvalue weighted by Gasteiger charge is -2.21. The largest absolute Gasteiger partial charge is 0.395 e. The molecule has 2 rings (SSSR count). The minimum Gasteiger partial charge on any atom is -0.395 e. The highest BCUT2D eigenvalue weighted by Gasteiger charge is 2.34. The number of carbonyl (C=O) groups excluding carboxylic acids is 1. The van der Waals surface area contributed by atoms with E-state index < -0.39 is 0 Å². The van der Waals surface area contributed by atoms with Gasteiger partial charge >= 0.3 is 0 Å². The van der Waals surface area contributed by atoms with E-state index in [4.69, 9.17) is 10.5 Å². The summed E-state index contributed by atoms with van der Waals surface area (Å²) in [6.07, 6.45) is 2.11.